The van der Waals surface area contributed by atoms with E-state index >= 15 is 0 Å². The number of carbonyl (C=O) groups is 1. The maximum atomic E-state index is 12.8. The Morgan fingerprint density at radius 2 is 2.04 bits per heavy atom. The maximum Gasteiger partial charge on any atom is 0.253 e. The predicted octanol–water partition coefficient (Wildman–Crippen LogP) is 2.29. The molecule has 1 aromatic carbocycles. The Morgan fingerprint density at radius 1 is 1.20 bits per heavy atom. The highest BCUT2D eigenvalue weighted by Gasteiger charge is 2.29. The lowest BCUT2D eigenvalue weighted by atomic mass is 10.1. The second-order valence-electron chi connectivity index (χ2n) is 6.57. The molecule has 3 heterocycles. The molecule has 0 radical (unpaired) electrons. The highest BCUT2D eigenvalue weighted by molar-refractivity contribution is 5.94. The fourth-order valence-electron chi connectivity index (χ4n) is 3.45. The highest BCUT2D eigenvalue weighted by Crippen LogP contribution is 2.26. The highest BCUT2D eigenvalue weighted by atomic mass is 16.2. The van der Waals surface area contributed by atoms with E-state index in [0.29, 0.717) is 5.92 Å². The van der Waals surface area contributed by atoms with Gasteiger partial charge >= 0.3 is 0 Å². The van der Waals surface area contributed by atoms with E-state index in [0.717, 1.165) is 43.0 Å². The largest absolute Gasteiger partial charge is 0.338 e. The Balaban J connectivity index is 1.42. The van der Waals surface area contributed by atoms with E-state index in [1.807, 2.05) is 63.9 Å². The van der Waals surface area contributed by atoms with Gasteiger partial charge < -0.3 is 14.0 Å². The standard InChI is InChI=1S/C19H21N5O/c1-22-10-8-21-18(22)17-6-9-24(13-17)19(25)16-4-2-15(3-5-16)12-23-11-7-20-14-23/h2-5,7-8,10-11,14,17H,6,9,12-13H2,1H3. The Labute approximate surface area is 146 Å². The van der Waals surface area contributed by atoms with E-state index in [2.05, 4.69) is 9.97 Å². The van der Waals surface area contributed by atoms with Crippen molar-refractivity contribution in [2.24, 2.45) is 7.05 Å². The van der Waals surface area contributed by atoms with Crippen LogP contribution in [0.4, 0.5) is 0 Å². The molecular weight excluding hydrogens is 314 g/mol. The molecule has 1 aliphatic heterocycles. The molecule has 0 N–H and O–H groups in total. The molecule has 1 saturated heterocycles. The van der Waals surface area contributed by atoms with Crippen molar-refractivity contribution in [1.82, 2.24) is 24.0 Å². The number of imidazole rings is 2. The summed E-state index contributed by atoms with van der Waals surface area (Å²) in [5.74, 6) is 1.49. The Kier molecular flexibility index (Phi) is 4.09. The molecule has 6 heteroatoms. The van der Waals surface area contributed by atoms with Crippen molar-refractivity contribution >= 4 is 5.91 Å². The van der Waals surface area contributed by atoms with Crippen molar-refractivity contribution in [3.05, 3.63) is 72.3 Å². The van der Waals surface area contributed by atoms with Crippen molar-refractivity contribution in [2.45, 2.75) is 18.9 Å². The lowest BCUT2D eigenvalue weighted by Crippen LogP contribution is -2.28. The van der Waals surface area contributed by atoms with Crippen LogP contribution in [0.2, 0.25) is 0 Å². The lowest BCUT2D eigenvalue weighted by Gasteiger charge is -2.17. The zero-order valence-electron chi connectivity index (χ0n) is 14.2. The number of benzene rings is 1. The first-order valence-electron chi connectivity index (χ1n) is 8.52. The molecule has 6 nitrogen and oxygen atoms in total. The van der Waals surface area contributed by atoms with Crippen molar-refractivity contribution in [3.8, 4) is 0 Å². The van der Waals surface area contributed by atoms with Crippen molar-refractivity contribution in [3.63, 3.8) is 0 Å². The topological polar surface area (TPSA) is 56.0 Å². The van der Waals surface area contributed by atoms with Crippen LogP contribution in [0.15, 0.2) is 55.4 Å². The number of hydrogen-bond acceptors (Lipinski definition) is 3. The van der Waals surface area contributed by atoms with Gasteiger partial charge in [-0.2, -0.15) is 0 Å². The number of hydrogen-bond donors (Lipinski definition) is 0. The molecule has 0 bridgehead atoms. The number of nitrogens with zero attached hydrogens (tertiary/aromatic N) is 5. The molecule has 1 atom stereocenters. The van der Waals surface area contributed by atoms with Crippen LogP contribution in [0.25, 0.3) is 0 Å². The summed E-state index contributed by atoms with van der Waals surface area (Å²) in [5, 5.41) is 0. The Morgan fingerprint density at radius 3 is 2.72 bits per heavy atom. The molecule has 0 aliphatic carbocycles. The van der Waals surface area contributed by atoms with E-state index < -0.39 is 0 Å². The first-order valence-corrected chi connectivity index (χ1v) is 8.52. The fraction of sp³-hybridized carbons (Fsp3) is 0.316. The van der Waals surface area contributed by atoms with Gasteiger partial charge in [0.05, 0.1) is 6.33 Å². The van der Waals surface area contributed by atoms with Crippen LogP contribution in [0, 0.1) is 0 Å². The summed E-state index contributed by atoms with van der Waals surface area (Å²) in [5.41, 5.74) is 1.90. The van der Waals surface area contributed by atoms with Crippen LogP contribution < -0.4 is 0 Å². The zero-order chi connectivity index (χ0) is 17.2. The van der Waals surface area contributed by atoms with E-state index in [-0.39, 0.29) is 5.91 Å². The fourth-order valence-corrected chi connectivity index (χ4v) is 3.45. The van der Waals surface area contributed by atoms with E-state index in [1.165, 1.54) is 0 Å². The molecule has 1 aliphatic rings. The van der Waals surface area contributed by atoms with E-state index in [9.17, 15) is 4.79 Å². The summed E-state index contributed by atoms with van der Waals surface area (Å²) >= 11 is 0. The predicted molar refractivity (Wildman–Crippen MR) is 94.2 cm³/mol. The zero-order valence-corrected chi connectivity index (χ0v) is 14.2. The Hall–Kier alpha value is -2.89. The summed E-state index contributed by atoms with van der Waals surface area (Å²) in [4.78, 5) is 23.2. The average molecular weight is 335 g/mol. The van der Waals surface area contributed by atoms with Gasteiger partial charge in [-0.25, -0.2) is 9.97 Å². The first kappa shape index (κ1) is 15.6. The van der Waals surface area contributed by atoms with Gasteiger partial charge in [0.1, 0.15) is 5.82 Å². The second kappa shape index (κ2) is 6.55. The molecule has 1 fully saturated rings. The SMILES string of the molecule is Cn1ccnc1C1CCN(C(=O)c2ccc(Cn3ccnc3)cc2)C1. The van der Waals surface area contributed by atoms with Crippen molar-refractivity contribution in [1.29, 1.82) is 0 Å². The third-order valence-electron chi connectivity index (χ3n) is 4.82. The molecule has 25 heavy (non-hydrogen) atoms. The summed E-state index contributed by atoms with van der Waals surface area (Å²) in [6.45, 7) is 2.28. The number of aryl methyl sites for hydroxylation is 1. The number of amides is 1. The molecule has 128 valence electrons. The molecule has 1 amide bonds. The number of aromatic nitrogens is 4. The summed E-state index contributed by atoms with van der Waals surface area (Å²) in [6, 6.07) is 7.87. The minimum absolute atomic E-state index is 0.103. The van der Waals surface area contributed by atoms with Crippen LogP contribution in [-0.2, 0) is 13.6 Å². The molecule has 4 rings (SSSR count). The van der Waals surface area contributed by atoms with Crippen molar-refractivity contribution < 1.29 is 4.79 Å². The normalized spacial score (nSPS) is 17.2. The molecule has 0 spiro atoms. The number of rotatable bonds is 4. The van der Waals surface area contributed by atoms with Crippen LogP contribution in [0.3, 0.4) is 0 Å². The van der Waals surface area contributed by atoms with Gasteiger partial charge in [0, 0.05) is 63.0 Å². The maximum absolute atomic E-state index is 12.8. The summed E-state index contributed by atoms with van der Waals surface area (Å²) in [7, 11) is 2.01. The van der Waals surface area contributed by atoms with Gasteiger partial charge in [-0.1, -0.05) is 12.1 Å². The monoisotopic (exact) mass is 335 g/mol. The summed E-state index contributed by atoms with van der Waals surface area (Å²) in [6.07, 6.45) is 10.2. The number of carbonyl (C=O) groups excluding carboxylic acids is 1. The van der Waals surface area contributed by atoms with Crippen molar-refractivity contribution in [2.75, 3.05) is 13.1 Å². The first-order chi connectivity index (χ1) is 12.2. The van der Waals surface area contributed by atoms with Gasteiger partial charge in [0.2, 0.25) is 0 Å². The Bertz CT molecular complexity index is 850. The van der Waals surface area contributed by atoms with E-state index in [4.69, 9.17) is 0 Å². The van der Waals surface area contributed by atoms with Crippen LogP contribution in [0.5, 0.6) is 0 Å². The van der Waals surface area contributed by atoms with Gasteiger partial charge in [-0.3, -0.25) is 4.79 Å². The van der Waals surface area contributed by atoms with Gasteiger partial charge in [0.15, 0.2) is 0 Å². The van der Waals surface area contributed by atoms with Gasteiger partial charge in [-0.15, -0.1) is 0 Å². The molecule has 1 unspecified atom stereocenters. The van der Waals surface area contributed by atoms with Gasteiger partial charge in [0.25, 0.3) is 5.91 Å². The second-order valence-corrected chi connectivity index (χ2v) is 6.57. The summed E-state index contributed by atoms with van der Waals surface area (Å²) < 4.78 is 4.05. The molecule has 0 saturated carbocycles. The van der Waals surface area contributed by atoms with E-state index in [1.54, 1.807) is 12.5 Å². The minimum Gasteiger partial charge on any atom is -0.338 e. The van der Waals surface area contributed by atoms with Gasteiger partial charge in [-0.05, 0) is 24.1 Å². The molecule has 3 aromatic rings. The molecular formula is C19H21N5O. The average Bonchev–Trinajstić information content (AvgIpc) is 3.36. The van der Waals surface area contributed by atoms with Crippen LogP contribution in [0.1, 0.15) is 34.1 Å². The minimum atomic E-state index is 0.103. The molecule has 2 aromatic heterocycles. The third kappa shape index (κ3) is 3.20. The lowest BCUT2D eigenvalue weighted by molar-refractivity contribution is 0.0790. The smallest absolute Gasteiger partial charge is 0.253 e. The quantitative estimate of drug-likeness (QED) is 0.735. The third-order valence-corrected chi connectivity index (χ3v) is 4.82. The number of likely N-dealkylation sites (tertiary alicyclic amines) is 1. The van der Waals surface area contributed by atoms with Crippen LogP contribution >= 0.6 is 0 Å². The van der Waals surface area contributed by atoms with Crippen LogP contribution in [-0.4, -0.2) is 43.0 Å².